The number of aromatic nitrogens is 3. The van der Waals surface area contributed by atoms with Gasteiger partial charge in [-0.2, -0.15) is 0 Å². The van der Waals surface area contributed by atoms with Crippen molar-refractivity contribution in [3.8, 4) is 22.9 Å². The van der Waals surface area contributed by atoms with Crippen LogP contribution in [0.25, 0.3) is 11.3 Å². The third-order valence-corrected chi connectivity index (χ3v) is 4.90. The molecule has 1 aromatic carbocycles. The summed E-state index contributed by atoms with van der Waals surface area (Å²) in [5.74, 6) is -0.519. The van der Waals surface area contributed by atoms with Crippen molar-refractivity contribution in [3.63, 3.8) is 0 Å². The summed E-state index contributed by atoms with van der Waals surface area (Å²) in [4.78, 5) is 37.2. The number of methoxy groups -OCH3 is 1. The molecule has 2 aromatic heterocycles. The summed E-state index contributed by atoms with van der Waals surface area (Å²) >= 11 is 0. The molecule has 11 heteroatoms. The number of rotatable bonds is 8. The minimum absolute atomic E-state index is 0.155. The summed E-state index contributed by atoms with van der Waals surface area (Å²) in [7, 11) is 2.98. The fourth-order valence-electron chi connectivity index (χ4n) is 3.18. The molecule has 34 heavy (non-hydrogen) atoms. The first-order chi connectivity index (χ1) is 16.3. The number of pyridine rings is 1. The van der Waals surface area contributed by atoms with Gasteiger partial charge < -0.3 is 29.8 Å². The van der Waals surface area contributed by atoms with Crippen LogP contribution in [0.3, 0.4) is 0 Å². The van der Waals surface area contributed by atoms with Gasteiger partial charge >= 0.3 is 12.0 Å². The average Bonchev–Trinajstić information content (AvgIpc) is 2.84. The number of amides is 2. The number of carbonyl (C=O) groups is 2. The van der Waals surface area contributed by atoms with Gasteiger partial charge in [-0.15, -0.1) is 10.2 Å². The number of ether oxygens (including phenoxy) is 2. The Kier molecular flexibility index (Phi) is 7.80. The van der Waals surface area contributed by atoms with E-state index in [0.717, 1.165) is 0 Å². The SMILES string of the molecule is CCOC(=O)C[C@H](NC(=O)Nc1c(O)ccn(C)c1=O)c1cccc(-c2ccc(OC)nn2)c1. The van der Waals surface area contributed by atoms with E-state index >= 15 is 0 Å². The second-order valence-electron chi connectivity index (χ2n) is 7.24. The van der Waals surface area contributed by atoms with Crippen LogP contribution in [0, 0.1) is 0 Å². The molecule has 2 amide bonds. The van der Waals surface area contributed by atoms with Crippen LogP contribution in [0.4, 0.5) is 10.5 Å². The second-order valence-corrected chi connectivity index (χ2v) is 7.24. The Morgan fingerprint density at radius 2 is 1.97 bits per heavy atom. The molecular formula is C23H25N5O6. The number of hydrogen-bond donors (Lipinski definition) is 3. The number of anilines is 1. The lowest BCUT2D eigenvalue weighted by atomic mass is 10.00. The van der Waals surface area contributed by atoms with Crippen molar-refractivity contribution in [3.05, 3.63) is 64.6 Å². The Hall–Kier alpha value is -4.41. The van der Waals surface area contributed by atoms with Gasteiger partial charge in [-0.25, -0.2) is 4.79 Å². The molecule has 0 aliphatic carbocycles. The molecule has 0 saturated carbocycles. The quantitative estimate of drug-likeness (QED) is 0.428. The van der Waals surface area contributed by atoms with Crippen LogP contribution in [-0.4, -0.2) is 45.6 Å². The van der Waals surface area contributed by atoms with E-state index in [-0.39, 0.29) is 24.5 Å². The normalized spacial score (nSPS) is 11.4. The lowest BCUT2D eigenvalue weighted by Crippen LogP contribution is -2.36. The van der Waals surface area contributed by atoms with Gasteiger partial charge in [-0.1, -0.05) is 18.2 Å². The molecule has 0 spiro atoms. The van der Waals surface area contributed by atoms with Crippen molar-refractivity contribution in [1.82, 2.24) is 20.1 Å². The van der Waals surface area contributed by atoms with Gasteiger partial charge in [-0.05, 0) is 30.7 Å². The highest BCUT2D eigenvalue weighted by molar-refractivity contribution is 5.91. The highest BCUT2D eigenvalue weighted by atomic mass is 16.5. The number of esters is 1. The zero-order valence-electron chi connectivity index (χ0n) is 18.9. The van der Waals surface area contributed by atoms with Gasteiger partial charge in [0.2, 0.25) is 5.88 Å². The number of carbonyl (C=O) groups excluding carboxylic acids is 2. The van der Waals surface area contributed by atoms with E-state index in [2.05, 4.69) is 20.8 Å². The number of benzene rings is 1. The average molecular weight is 467 g/mol. The molecule has 0 aliphatic heterocycles. The van der Waals surface area contributed by atoms with E-state index in [1.54, 1.807) is 37.3 Å². The van der Waals surface area contributed by atoms with Gasteiger partial charge in [0.15, 0.2) is 5.69 Å². The van der Waals surface area contributed by atoms with Crippen LogP contribution in [-0.2, 0) is 16.6 Å². The molecule has 0 unspecified atom stereocenters. The molecular weight excluding hydrogens is 442 g/mol. The summed E-state index contributed by atoms with van der Waals surface area (Å²) in [5, 5.41) is 23.1. The van der Waals surface area contributed by atoms with E-state index in [0.29, 0.717) is 22.7 Å². The molecule has 3 aromatic rings. The number of urea groups is 1. The molecule has 0 fully saturated rings. The third-order valence-electron chi connectivity index (χ3n) is 4.90. The summed E-state index contributed by atoms with van der Waals surface area (Å²) in [5.41, 5.74) is 1.01. The van der Waals surface area contributed by atoms with Gasteiger partial charge in [0.05, 0.1) is 31.9 Å². The van der Waals surface area contributed by atoms with Crippen LogP contribution in [0.1, 0.15) is 24.9 Å². The van der Waals surface area contributed by atoms with Crippen molar-refractivity contribution in [2.24, 2.45) is 7.05 Å². The largest absolute Gasteiger partial charge is 0.505 e. The van der Waals surface area contributed by atoms with Crippen LogP contribution in [0.5, 0.6) is 11.6 Å². The molecule has 0 bridgehead atoms. The van der Waals surface area contributed by atoms with E-state index in [1.807, 2.05) is 6.07 Å². The first kappa shape index (κ1) is 24.2. The number of nitrogens with one attached hydrogen (secondary N) is 2. The van der Waals surface area contributed by atoms with Crippen LogP contribution in [0.15, 0.2) is 53.5 Å². The Balaban J connectivity index is 1.87. The maximum absolute atomic E-state index is 12.7. The topological polar surface area (TPSA) is 145 Å². The number of hydrogen-bond acceptors (Lipinski definition) is 8. The van der Waals surface area contributed by atoms with Crippen molar-refractivity contribution >= 4 is 17.7 Å². The predicted octanol–water partition coefficient (Wildman–Crippen LogP) is 2.37. The molecule has 3 rings (SSSR count). The Bertz CT molecular complexity index is 1230. The lowest BCUT2D eigenvalue weighted by molar-refractivity contribution is -0.143. The molecule has 2 heterocycles. The van der Waals surface area contributed by atoms with Gasteiger partial charge in [0.25, 0.3) is 5.56 Å². The summed E-state index contributed by atoms with van der Waals surface area (Å²) in [6.45, 7) is 1.87. The van der Waals surface area contributed by atoms with Crippen LogP contribution < -0.4 is 20.9 Å². The Morgan fingerprint density at radius 1 is 1.18 bits per heavy atom. The Labute approximate surface area is 195 Å². The fraction of sp³-hybridized carbons (Fsp3) is 0.261. The first-order valence-electron chi connectivity index (χ1n) is 10.4. The van der Waals surface area contributed by atoms with E-state index in [9.17, 15) is 19.5 Å². The van der Waals surface area contributed by atoms with Crippen molar-refractivity contribution in [1.29, 1.82) is 0 Å². The zero-order valence-corrected chi connectivity index (χ0v) is 18.9. The monoisotopic (exact) mass is 467 g/mol. The van der Waals surface area contributed by atoms with E-state index < -0.39 is 23.6 Å². The summed E-state index contributed by atoms with van der Waals surface area (Å²) < 4.78 is 11.3. The molecule has 0 aliphatic rings. The van der Waals surface area contributed by atoms with Gasteiger partial charge in [0, 0.05) is 24.9 Å². The smallest absolute Gasteiger partial charge is 0.319 e. The van der Waals surface area contributed by atoms with Crippen molar-refractivity contribution < 1.29 is 24.2 Å². The molecule has 3 N–H and O–H groups in total. The fourth-order valence-corrected chi connectivity index (χ4v) is 3.18. The molecule has 0 radical (unpaired) electrons. The molecule has 11 nitrogen and oxygen atoms in total. The molecule has 1 atom stereocenters. The molecule has 178 valence electrons. The second kappa shape index (κ2) is 10.9. The first-order valence-corrected chi connectivity index (χ1v) is 10.4. The van der Waals surface area contributed by atoms with E-state index in [4.69, 9.17) is 9.47 Å². The number of aryl methyl sites for hydroxylation is 1. The molecule has 0 saturated heterocycles. The minimum atomic E-state index is -0.792. The van der Waals surface area contributed by atoms with Crippen molar-refractivity contribution in [2.45, 2.75) is 19.4 Å². The van der Waals surface area contributed by atoms with Crippen molar-refractivity contribution in [2.75, 3.05) is 19.0 Å². The maximum Gasteiger partial charge on any atom is 0.319 e. The highest BCUT2D eigenvalue weighted by Gasteiger charge is 2.21. The van der Waals surface area contributed by atoms with Gasteiger partial charge in [0.1, 0.15) is 5.75 Å². The van der Waals surface area contributed by atoms with Crippen LogP contribution >= 0.6 is 0 Å². The zero-order chi connectivity index (χ0) is 24.7. The minimum Gasteiger partial charge on any atom is -0.505 e. The van der Waals surface area contributed by atoms with Gasteiger partial charge in [-0.3, -0.25) is 9.59 Å². The third kappa shape index (κ3) is 5.88. The standard InChI is InChI=1S/C23H25N5O6/c1-4-34-20(30)13-17(24-23(32)25-21-18(29)10-11-28(2)22(21)31)15-7-5-6-14(12-15)16-8-9-19(33-3)27-26-16/h5-12,17,29H,4,13H2,1-3H3,(H2,24,25,32)/t17-/m0/s1. The Morgan fingerprint density at radius 3 is 2.65 bits per heavy atom. The van der Waals surface area contributed by atoms with E-state index in [1.165, 1.54) is 31.0 Å². The number of nitrogens with zero attached hydrogens (tertiary/aromatic N) is 3. The summed E-state index contributed by atoms with van der Waals surface area (Å²) in [6, 6.07) is 10.2. The predicted molar refractivity (Wildman–Crippen MR) is 124 cm³/mol. The number of aromatic hydroxyl groups is 1. The maximum atomic E-state index is 12.7. The highest BCUT2D eigenvalue weighted by Crippen LogP contribution is 2.25. The summed E-state index contributed by atoms with van der Waals surface area (Å²) in [6.07, 6.45) is 1.22. The lowest BCUT2D eigenvalue weighted by Gasteiger charge is -2.20. The van der Waals surface area contributed by atoms with Crippen LogP contribution in [0.2, 0.25) is 0 Å².